The molecule has 1 saturated heterocycles. The van der Waals surface area contributed by atoms with Crippen LogP contribution in [-0.2, 0) is 29.3 Å². The Kier molecular flexibility index (Phi) is 11.3. The molecule has 20 heteroatoms. The van der Waals surface area contributed by atoms with Crippen molar-refractivity contribution in [2.24, 2.45) is 5.92 Å². The van der Waals surface area contributed by atoms with Gasteiger partial charge in [-0.3, -0.25) is 14.4 Å². The van der Waals surface area contributed by atoms with Crippen molar-refractivity contribution < 1.29 is 37.1 Å². The number of carbonyl (C=O) groups is 4. The minimum absolute atomic E-state index is 0.000173. The van der Waals surface area contributed by atoms with Crippen LogP contribution in [0.15, 0.2) is 48.0 Å². The van der Waals surface area contributed by atoms with Crippen LogP contribution < -0.4 is 24.8 Å². The molecule has 2 saturated carbocycles. The molecule has 0 radical (unpaired) electrons. The van der Waals surface area contributed by atoms with Crippen molar-refractivity contribution in [1.29, 1.82) is 0 Å². The van der Waals surface area contributed by atoms with Crippen LogP contribution in [0, 0.1) is 5.92 Å². The molecular weight excluding hydrogens is 753 g/mol. The van der Waals surface area contributed by atoms with Crippen LogP contribution in [0.3, 0.4) is 0 Å². The third-order valence-corrected chi connectivity index (χ3v) is 12.2. The SMILES string of the molecule is COc1ccc(-c2nnn([C@@H]3C[C@H]4C(=O)N[C@@]5(C(=O)NS(=O)(=O)Nc6nccs6)C[C@H]5/C=C\CCCCC[C@@H](NC(=O)OC5CCCC5)C(=O)N4C3)n2)cc1. The maximum absolute atomic E-state index is 14.5. The number of alkyl carbamates (subject to hydrolysis) is 1. The highest BCUT2D eigenvalue weighted by Gasteiger charge is 2.61. The molecule has 7 rings (SSSR count). The molecule has 1 aromatic carbocycles. The van der Waals surface area contributed by atoms with Gasteiger partial charge in [0, 0.05) is 36.0 Å². The first kappa shape index (κ1) is 38.2. The van der Waals surface area contributed by atoms with Gasteiger partial charge < -0.3 is 25.0 Å². The second-order valence-corrected chi connectivity index (χ2v) is 16.6. The highest BCUT2D eigenvalue weighted by atomic mass is 32.2. The minimum atomic E-state index is -4.40. The molecule has 4 aliphatic rings. The monoisotopic (exact) mass is 796 g/mol. The Balaban J connectivity index is 1.16. The van der Waals surface area contributed by atoms with Crippen LogP contribution in [0.4, 0.5) is 9.93 Å². The Morgan fingerprint density at radius 2 is 1.84 bits per heavy atom. The molecular formula is C35H44N10O8S2. The number of rotatable bonds is 9. The molecule has 3 fully saturated rings. The summed E-state index contributed by atoms with van der Waals surface area (Å²) in [6.07, 6.45) is 11.0. The van der Waals surface area contributed by atoms with Gasteiger partial charge in [0.15, 0.2) is 5.13 Å². The summed E-state index contributed by atoms with van der Waals surface area (Å²) in [6.45, 7) is -0.000173. The Morgan fingerprint density at radius 3 is 2.58 bits per heavy atom. The van der Waals surface area contributed by atoms with Crippen LogP contribution in [0.1, 0.15) is 76.7 Å². The molecule has 4 N–H and O–H groups in total. The number of ether oxygens (including phenoxy) is 2. The fraction of sp³-hybridized carbons (Fsp3) is 0.543. The maximum Gasteiger partial charge on any atom is 0.408 e. The maximum atomic E-state index is 14.5. The molecule has 18 nitrogen and oxygen atoms in total. The number of tetrazole rings is 1. The van der Waals surface area contributed by atoms with Gasteiger partial charge in [0.25, 0.3) is 5.91 Å². The first-order chi connectivity index (χ1) is 26.5. The third kappa shape index (κ3) is 8.90. The lowest BCUT2D eigenvalue weighted by Gasteiger charge is -2.30. The van der Waals surface area contributed by atoms with E-state index in [2.05, 4.69) is 40.5 Å². The lowest BCUT2D eigenvalue weighted by atomic mass is 10.0. The molecule has 4 amide bonds. The summed E-state index contributed by atoms with van der Waals surface area (Å²) < 4.78 is 41.1. The fourth-order valence-electron chi connectivity index (χ4n) is 7.46. The summed E-state index contributed by atoms with van der Waals surface area (Å²) in [5, 5.41) is 20.3. The number of allylic oxidation sites excluding steroid dienone is 1. The lowest BCUT2D eigenvalue weighted by Crippen LogP contribution is -2.58. The third-order valence-electron chi connectivity index (χ3n) is 10.5. The molecule has 0 unspecified atom stereocenters. The summed E-state index contributed by atoms with van der Waals surface area (Å²) in [6, 6.07) is 4.38. The molecule has 3 aromatic rings. The van der Waals surface area contributed by atoms with Crippen molar-refractivity contribution in [2.75, 3.05) is 18.4 Å². The number of aromatic nitrogens is 5. The highest BCUT2D eigenvalue weighted by molar-refractivity contribution is 7.91. The zero-order valence-corrected chi connectivity index (χ0v) is 31.9. The Morgan fingerprint density at radius 1 is 1.05 bits per heavy atom. The molecule has 5 atom stereocenters. The van der Waals surface area contributed by atoms with Crippen molar-refractivity contribution >= 4 is 50.5 Å². The quantitative estimate of drug-likeness (QED) is 0.229. The minimum Gasteiger partial charge on any atom is -0.497 e. The molecule has 2 aromatic heterocycles. The lowest BCUT2D eigenvalue weighted by molar-refractivity contribution is -0.141. The highest BCUT2D eigenvalue weighted by Crippen LogP contribution is 2.46. The van der Waals surface area contributed by atoms with Gasteiger partial charge in [0.05, 0.1) is 13.2 Å². The molecule has 4 heterocycles. The van der Waals surface area contributed by atoms with Crippen molar-refractivity contribution in [1.82, 2.24) is 45.4 Å². The molecule has 0 spiro atoms. The predicted octanol–water partition coefficient (Wildman–Crippen LogP) is 2.85. The fourth-order valence-corrected chi connectivity index (χ4v) is 9.11. The molecule has 0 bridgehead atoms. The van der Waals surface area contributed by atoms with E-state index in [1.165, 1.54) is 15.9 Å². The summed E-state index contributed by atoms with van der Waals surface area (Å²) in [5.41, 5.74) is -0.924. The molecule has 294 valence electrons. The second-order valence-electron chi connectivity index (χ2n) is 14.3. The summed E-state index contributed by atoms with van der Waals surface area (Å²) in [7, 11) is -2.83. The van der Waals surface area contributed by atoms with Gasteiger partial charge in [0.1, 0.15) is 29.5 Å². The topological polar surface area (TPSA) is 229 Å². The van der Waals surface area contributed by atoms with Crippen molar-refractivity contribution in [3.63, 3.8) is 0 Å². The van der Waals surface area contributed by atoms with Crippen molar-refractivity contribution in [3.8, 4) is 17.1 Å². The van der Waals surface area contributed by atoms with E-state index >= 15 is 0 Å². The van der Waals surface area contributed by atoms with Crippen molar-refractivity contribution in [3.05, 3.63) is 48.0 Å². The molecule has 2 aliphatic carbocycles. The van der Waals surface area contributed by atoms with Crippen LogP contribution in [0.25, 0.3) is 11.4 Å². The molecule has 55 heavy (non-hydrogen) atoms. The number of hydrogen-bond donors (Lipinski definition) is 4. The van der Waals surface area contributed by atoms with E-state index in [0.717, 1.165) is 49.9 Å². The number of nitrogens with zero attached hydrogens (tertiary/aromatic N) is 6. The van der Waals surface area contributed by atoms with E-state index < -0.39 is 63.6 Å². The number of carbonyl (C=O) groups excluding carboxylic acids is 4. The second kappa shape index (κ2) is 16.3. The normalized spacial score (nSPS) is 26.7. The van der Waals surface area contributed by atoms with Crippen molar-refractivity contribution in [2.45, 2.75) is 100 Å². The first-order valence-electron chi connectivity index (χ1n) is 18.5. The number of amides is 4. The smallest absolute Gasteiger partial charge is 0.408 e. The first-order valence-corrected chi connectivity index (χ1v) is 20.8. The number of fused-ring (bicyclic) bond motifs is 2. The van der Waals surface area contributed by atoms with E-state index in [1.807, 2.05) is 12.2 Å². The van der Waals surface area contributed by atoms with Gasteiger partial charge in [-0.25, -0.2) is 19.2 Å². The number of hydrogen-bond acceptors (Lipinski definition) is 13. The van der Waals surface area contributed by atoms with Gasteiger partial charge >= 0.3 is 16.3 Å². The van der Waals surface area contributed by atoms with E-state index in [9.17, 15) is 27.6 Å². The summed E-state index contributed by atoms with van der Waals surface area (Å²) in [5.74, 6) is -1.59. The predicted molar refractivity (Wildman–Crippen MR) is 199 cm³/mol. The zero-order chi connectivity index (χ0) is 38.6. The van der Waals surface area contributed by atoms with Gasteiger partial charge in [-0.2, -0.15) is 13.2 Å². The van der Waals surface area contributed by atoms with Crippen LogP contribution in [0.5, 0.6) is 5.75 Å². The number of benzene rings is 1. The van der Waals surface area contributed by atoms with Crippen LogP contribution in [-0.4, -0.2) is 99.7 Å². The average molecular weight is 797 g/mol. The van der Waals surface area contributed by atoms with E-state index in [-0.39, 0.29) is 30.6 Å². The summed E-state index contributed by atoms with van der Waals surface area (Å²) >= 11 is 1.04. The number of anilines is 1. The number of thiazole rings is 1. The average Bonchev–Trinajstić information content (AvgIpc) is 3.82. The zero-order valence-electron chi connectivity index (χ0n) is 30.3. The van der Waals surface area contributed by atoms with E-state index in [1.54, 1.807) is 36.8 Å². The Bertz CT molecular complexity index is 2000. The number of nitrogens with one attached hydrogen (secondary N) is 4. The van der Waals surface area contributed by atoms with E-state index in [4.69, 9.17) is 9.47 Å². The van der Waals surface area contributed by atoms with Gasteiger partial charge in [0.2, 0.25) is 17.6 Å². The van der Waals surface area contributed by atoms with Gasteiger partial charge in [-0.15, -0.1) is 21.5 Å². The van der Waals surface area contributed by atoms with Crippen LogP contribution in [0.2, 0.25) is 0 Å². The molecule has 2 aliphatic heterocycles. The Hall–Kier alpha value is -5.11. The van der Waals surface area contributed by atoms with E-state index in [0.29, 0.717) is 36.4 Å². The Labute approximate surface area is 322 Å². The van der Waals surface area contributed by atoms with Crippen LogP contribution >= 0.6 is 11.3 Å². The number of methoxy groups -OCH3 is 1. The summed E-state index contributed by atoms with van der Waals surface area (Å²) in [4.78, 5) is 62.5. The van der Waals surface area contributed by atoms with Gasteiger partial charge in [-0.1, -0.05) is 25.0 Å². The van der Waals surface area contributed by atoms with Gasteiger partial charge in [-0.05, 0) is 80.8 Å². The standard InChI is InChI=1S/C35H44N10O8S2/c1-52-25-15-13-22(14-16-25)29-39-43-45(40-29)24-19-28-30(46)38-35(32(48)41-55(50,51)42-33-36-17-18-54-33)20-23(35)9-5-3-2-4-6-12-27(31(47)44(28)21-24)37-34(49)53-26-10-7-8-11-26/h5,9,13-18,23-24,26-28H,2-4,6-8,10-12,19-21H2,1H3,(H,36,42)(H,37,49)(H,38,46)(H,41,48)/b9-5-/t23-,24-,27-,28+,35+/m1/s1. The largest absolute Gasteiger partial charge is 0.497 e.